The first-order valence-electron chi connectivity index (χ1n) is 7.85. The Morgan fingerprint density at radius 2 is 1.93 bits per heavy atom. The zero-order chi connectivity index (χ0) is 20.0. The van der Waals surface area contributed by atoms with Crippen molar-refractivity contribution in [2.45, 2.75) is 33.1 Å². The highest BCUT2D eigenvalue weighted by Gasteiger charge is 2.42. The maximum Gasteiger partial charge on any atom is 0.247 e. The number of fused-ring (bicyclic) bond motifs is 1. The smallest absolute Gasteiger partial charge is 0.247 e. The van der Waals surface area contributed by atoms with Gasteiger partial charge in [-0.05, 0) is 30.2 Å². The molecular weight excluding hydrogens is 412 g/mol. The van der Waals surface area contributed by atoms with Gasteiger partial charge >= 0.3 is 0 Å². The Labute approximate surface area is 161 Å². The molecule has 0 fully saturated rings. The lowest BCUT2D eigenvalue weighted by Gasteiger charge is -2.30. The van der Waals surface area contributed by atoms with E-state index in [4.69, 9.17) is 9.88 Å². The molecule has 0 aliphatic carbocycles. The normalized spacial score (nSPS) is 21.3. The van der Waals surface area contributed by atoms with E-state index >= 15 is 0 Å². The Hall–Kier alpha value is -1.95. The first-order chi connectivity index (χ1) is 12.5. The number of primary sulfonamides is 1. The number of nitrogens with one attached hydrogen (secondary N) is 1. The standard InChI is InChI=1S/C16H18N2O6S3/c1-9(19)18-13-8-14(10-3-5-11(24-2)6-4-10)26(20,21)16-12(13)7-15(25-16)27(17,22)23/h3-7,13-14H,8H2,1-2H3,(H,18,19)(H2,17,22,23). The van der Waals surface area contributed by atoms with E-state index in [2.05, 4.69) is 5.32 Å². The van der Waals surface area contributed by atoms with Crippen LogP contribution in [0.5, 0.6) is 5.75 Å². The van der Waals surface area contributed by atoms with Crippen LogP contribution in [0.1, 0.15) is 35.8 Å². The number of sulfone groups is 1. The van der Waals surface area contributed by atoms with Gasteiger partial charge in [-0.1, -0.05) is 12.1 Å². The second kappa shape index (κ2) is 6.89. The minimum absolute atomic E-state index is 0.0854. The highest BCUT2D eigenvalue weighted by molar-refractivity contribution is 7.95. The van der Waals surface area contributed by atoms with Crippen LogP contribution in [0.4, 0.5) is 0 Å². The lowest BCUT2D eigenvalue weighted by molar-refractivity contribution is -0.119. The number of hydrogen-bond donors (Lipinski definition) is 2. The molecule has 8 nitrogen and oxygen atoms in total. The van der Waals surface area contributed by atoms with Crippen LogP contribution in [0.3, 0.4) is 0 Å². The number of amides is 1. The summed E-state index contributed by atoms with van der Waals surface area (Å²) in [5, 5.41) is 6.94. The number of thiophene rings is 1. The van der Waals surface area contributed by atoms with E-state index in [0.29, 0.717) is 22.6 Å². The predicted octanol–water partition coefficient (Wildman–Crippen LogP) is 1.50. The first kappa shape index (κ1) is 19.8. The Kier molecular flexibility index (Phi) is 5.06. The number of carbonyl (C=O) groups excluding carboxylic acids is 1. The minimum Gasteiger partial charge on any atom is -0.497 e. The summed E-state index contributed by atoms with van der Waals surface area (Å²) in [5.74, 6) is 0.237. The van der Waals surface area contributed by atoms with Crippen molar-refractivity contribution < 1.29 is 26.4 Å². The van der Waals surface area contributed by atoms with Crippen LogP contribution in [0.15, 0.2) is 38.8 Å². The molecule has 0 saturated carbocycles. The topological polar surface area (TPSA) is 133 Å². The quantitative estimate of drug-likeness (QED) is 0.755. The van der Waals surface area contributed by atoms with Crippen molar-refractivity contribution in [1.29, 1.82) is 0 Å². The van der Waals surface area contributed by atoms with E-state index in [9.17, 15) is 21.6 Å². The Morgan fingerprint density at radius 1 is 1.30 bits per heavy atom. The summed E-state index contributed by atoms with van der Waals surface area (Å²) in [7, 11) is -6.42. The predicted molar refractivity (Wildman–Crippen MR) is 99.8 cm³/mol. The third kappa shape index (κ3) is 3.72. The molecule has 2 unspecified atom stereocenters. The van der Waals surface area contributed by atoms with Crippen LogP contribution in [0.2, 0.25) is 0 Å². The second-order valence-corrected chi connectivity index (χ2v) is 11.3. The maximum atomic E-state index is 13.2. The molecule has 11 heteroatoms. The molecule has 1 amide bonds. The van der Waals surface area contributed by atoms with Crippen LogP contribution in [0, 0.1) is 0 Å². The average molecular weight is 431 g/mol. The van der Waals surface area contributed by atoms with Gasteiger partial charge in [-0.25, -0.2) is 22.0 Å². The maximum absolute atomic E-state index is 13.2. The molecule has 27 heavy (non-hydrogen) atoms. The second-order valence-electron chi connectivity index (χ2n) is 6.15. The van der Waals surface area contributed by atoms with Crippen LogP contribution in [-0.2, 0) is 24.7 Å². The van der Waals surface area contributed by atoms with Gasteiger partial charge in [0.2, 0.25) is 15.9 Å². The Morgan fingerprint density at radius 3 is 2.44 bits per heavy atom. The third-order valence-corrected chi connectivity index (χ3v) is 9.58. The number of benzene rings is 1. The van der Waals surface area contributed by atoms with Crippen molar-refractivity contribution in [3.8, 4) is 5.75 Å². The van der Waals surface area contributed by atoms with E-state index in [1.165, 1.54) is 20.1 Å². The number of methoxy groups -OCH3 is 1. The highest BCUT2D eigenvalue weighted by atomic mass is 32.3. The van der Waals surface area contributed by atoms with Crippen LogP contribution < -0.4 is 15.2 Å². The van der Waals surface area contributed by atoms with Crippen LogP contribution >= 0.6 is 11.3 Å². The molecule has 1 aliphatic heterocycles. The van der Waals surface area contributed by atoms with E-state index in [-0.39, 0.29) is 26.3 Å². The minimum atomic E-state index is -4.07. The van der Waals surface area contributed by atoms with Crippen molar-refractivity contribution in [3.05, 3.63) is 41.5 Å². The number of ether oxygens (including phenoxy) is 1. The summed E-state index contributed by atoms with van der Waals surface area (Å²) in [6.07, 6.45) is 0.0854. The zero-order valence-electron chi connectivity index (χ0n) is 14.5. The van der Waals surface area contributed by atoms with Crippen molar-refractivity contribution >= 4 is 37.1 Å². The lowest BCUT2D eigenvalue weighted by Crippen LogP contribution is -2.33. The van der Waals surface area contributed by atoms with Gasteiger partial charge in [-0.15, -0.1) is 11.3 Å². The summed E-state index contributed by atoms with van der Waals surface area (Å²) in [5.41, 5.74) is 0.784. The van der Waals surface area contributed by atoms with Gasteiger partial charge < -0.3 is 10.1 Å². The number of carbonyl (C=O) groups is 1. The van der Waals surface area contributed by atoms with Crippen molar-refractivity contribution in [1.82, 2.24) is 5.32 Å². The summed E-state index contributed by atoms with van der Waals surface area (Å²) in [6.45, 7) is 1.32. The molecule has 0 radical (unpaired) electrons. The fourth-order valence-electron chi connectivity index (χ4n) is 3.08. The summed E-state index contributed by atoms with van der Waals surface area (Å²) in [4.78, 5) is 11.6. The Bertz CT molecular complexity index is 1090. The number of rotatable bonds is 4. The average Bonchev–Trinajstić information content (AvgIpc) is 3.04. The molecule has 0 spiro atoms. The lowest BCUT2D eigenvalue weighted by atomic mass is 9.99. The molecule has 1 aromatic carbocycles. The van der Waals surface area contributed by atoms with Gasteiger partial charge in [0.25, 0.3) is 0 Å². The van der Waals surface area contributed by atoms with Crippen molar-refractivity contribution in [2.24, 2.45) is 5.14 Å². The van der Waals surface area contributed by atoms with E-state index in [1.54, 1.807) is 24.3 Å². The van der Waals surface area contributed by atoms with E-state index in [1.807, 2.05) is 0 Å². The summed E-state index contributed by atoms with van der Waals surface area (Å²) in [6, 6.07) is 7.18. The van der Waals surface area contributed by atoms with Crippen LogP contribution in [-0.4, -0.2) is 29.9 Å². The summed E-state index contributed by atoms with van der Waals surface area (Å²) < 4.78 is 54.5. The molecule has 3 rings (SSSR count). The van der Waals surface area contributed by atoms with Crippen molar-refractivity contribution in [2.75, 3.05) is 7.11 Å². The number of nitrogens with two attached hydrogens (primary N) is 1. The van der Waals surface area contributed by atoms with Crippen LogP contribution in [0.25, 0.3) is 0 Å². The number of hydrogen-bond acceptors (Lipinski definition) is 7. The SMILES string of the molecule is COc1ccc(C2CC(NC(C)=O)c3cc(S(N)(=O)=O)sc3S2(=O)=O)cc1. The third-order valence-electron chi connectivity index (χ3n) is 4.31. The van der Waals surface area contributed by atoms with E-state index in [0.717, 1.165) is 0 Å². The van der Waals surface area contributed by atoms with Gasteiger partial charge in [-0.3, -0.25) is 4.79 Å². The number of sulfonamides is 1. The van der Waals surface area contributed by atoms with Gasteiger partial charge in [0.15, 0.2) is 9.84 Å². The fourth-order valence-corrected chi connectivity index (χ4v) is 7.77. The molecule has 146 valence electrons. The Balaban J connectivity index is 2.15. The molecule has 1 aliphatic rings. The molecule has 2 atom stereocenters. The largest absolute Gasteiger partial charge is 0.497 e. The van der Waals surface area contributed by atoms with Gasteiger partial charge in [-0.2, -0.15) is 0 Å². The van der Waals surface area contributed by atoms with Gasteiger partial charge in [0.1, 0.15) is 14.2 Å². The fraction of sp³-hybridized carbons (Fsp3) is 0.312. The zero-order valence-corrected chi connectivity index (χ0v) is 16.9. The molecule has 1 aromatic heterocycles. The van der Waals surface area contributed by atoms with Crippen molar-refractivity contribution in [3.63, 3.8) is 0 Å². The van der Waals surface area contributed by atoms with Gasteiger partial charge in [0, 0.05) is 12.5 Å². The molecular formula is C16H18N2O6S3. The first-order valence-corrected chi connectivity index (χ1v) is 11.8. The molecule has 0 saturated heterocycles. The molecule has 2 heterocycles. The van der Waals surface area contributed by atoms with E-state index < -0.39 is 31.2 Å². The molecule has 2 aromatic rings. The highest BCUT2D eigenvalue weighted by Crippen LogP contribution is 2.48. The summed E-state index contributed by atoms with van der Waals surface area (Å²) >= 11 is 0.609. The van der Waals surface area contributed by atoms with Gasteiger partial charge in [0.05, 0.1) is 18.4 Å². The molecule has 3 N–H and O–H groups in total. The monoisotopic (exact) mass is 430 g/mol. The molecule has 0 bridgehead atoms.